The number of rotatable bonds is 0. The van der Waals surface area contributed by atoms with E-state index in [0.717, 1.165) is 4.79 Å². The van der Waals surface area contributed by atoms with Crippen molar-refractivity contribution in [2.24, 2.45) is 0 Å². The summed E-state index contributed by atoms with van der Waals surface area (Å²) in [6.45, 7) is 0. The maximum Gasteiger partial charge on any atom is 0.177 e. The quantitative estimate of drug-likeness (QED) is 0.433. The van der Waals surface area contributed by atoms with Crippen molar-refractivity contribution in [1.29, 1.82) is 0 Å². The van der Waals surface area contributed by atoms with Gasteiger partial charge < -0.3 is 16.1 Å². The lowest BCUT2D eigenvalue weighted by molar-refractivity contribution is 0.405. The number of phenols is 2. The average molecular weight is 200 g/mol. The summed E-state index contributed by atoms with van der Waals surface area (Å²) in [4.78, 5) is 1.06. The monoisotopic (exact) mass is 199 g/mol. The summed E-state index contributed by atoms with van der Waals surface area (Å²) in [6, 6.07) is 1.29. The van der Waals surface area contributed by atoms with Gasteiger partial charge in [-0.05, 0) is 0 Å². The second kappa shape index (κ2) is 2.43. The molecule has 4 N–H and O–H groups in total. The molecule has 13 heavy (non-hydrogen) atoms. The van der Waals surface area contributed by atoms with Gasteiger partial charge in [-0.2, -0.15) is 9.89 Å². The summed E-state index contributed by atoms with van der Waals surface area (Å²) in [5.74, 6) is 4.68. The van der Waals surface area contributed by atoms with E-state index in [9.17, 15) is 10.2 Å². The zero-order valence-corrected chi connectivity index (χ0v) is 7.15. The van der Waals surface area contributed by atoms with Gasteiger partial charge in [-0.15, -0.1) is 0 Å². The van der Waals surface area contributed by atoms with Crippen LogP contribution in [0.5, 0.6) is 11.5 Å². The average Bonchev–Trinajstić information content (AvgIpc) is 2.42. The van der Waals surface area contributed by atoms with Gasteiger partial charge in [0.2, 0.25) is 0 Å². The molecular formula is C7H6ClN3O2. The summed E-state index contributed by atoms with van der Waals surface area (Å²) >= 11 is 5.73. The third kappa shape index (κ3) is 1.05. The maximum atomic E-state index is 9.25. The van der Waals surface area contributed by atoms with Crippen LogP contribution in [0.2, 0.25) is 5.02 Å². The molecule has 0 saturated heterocycles. The molecule has 0 fully saturated rings. The van der Waals surface area contributed by atoms with Crippen LogP contribution >= 0.6 is 11.6 Å². The molecular weight excluding hydrogens is 194 g/mol. The zero-order valence-electron chi connectivity index (χ0n) is 6.40. The number of nitrogen functional groups attached to an aromatic ring is 1. The van der Waals surface area contributed by atoms with Gasteiger partial charge in [0, 0.05) is 11.5 Å². The third-order valence-electron chi connectivity index (χ3n) is 1.72. The van der Waals surface area contributed by atoms with Crippen molar-refractivity contribution in [2.75, 3.05) is 5.84 Å². The van der Waals surface area contributed by atoms with Crippen LogP contribution < -0.4 is 5.84 Å². The molecule has 0 unspecified atom stereocenters. The van der Waals surface area contributed by atoms with Crippen LogP contribution in [0.4, 0.5) is 0 Å². The van der Waals surface area contributed by atoms with Gasteiger partial charge in [-0.1, -0.05) is 11.6 Å². The maximum absolute atomic E-state index is 9.25. The lowest BCUT2D eigenvalue weighted by Gasteiger charge is -1.99. The van der Waals surface area contributed by atoms with E-state index in [1.54, 1.807) is 0 Å². The highest BCUT2D eigenvalue weighted by Crippen LogP contribution is 2.38. The van der Waals surface area contributed by atoms with E-state index in [1.165, 1.54) is 12.3 Å². The standard InChI is InChI=1S/C7H6ClN3O2/c8-6-3-2-11(9)10-4(3)1-5(12)7(6)13/h1-2,12-13H,9H2. The van der Waals surface area contributed by atoms with Crippen molar-refractivity contribution in [3.63, 3.8) is 0 Å². The number of hydrogen-bond donors (Lipinski definition) is 3. The summed E-state index contributed by atoms with van der Waals surface area (Å²) in [7, 11) is 0. The Bertz CT molecular complexity index is 480. The van der Waals surface area contributed by atoms with Crippen LogP contribution in [0, 0.1) is 0 Å². The molecule has 0 radical (unpaired) electrons. The van der Waals surface area contributed by atoms with Crippen LogP contribution in [0.25, 0.3) is 10.9 Å². The van der Waals surface area contributed by atoms with Crippen molar-refractivity contribution in [3.8, 4) is 11.5 Å². The topological polar surface area (TPSA) is 84.3 Å². The molecule has 0 aliphatic rings. The van der Waals surface area contributed by atoms with Crippen molar-refractivity contribution in [2.45, 2.75) is 0 Å². The molecule has 0 aliphatic carbocycles. The van der Waals surface area contributed by atoms with Crippen LogP contribution in [-0.4, -0.2) is 20.1 Å². The molecule has 0 amide bonds. The van der Waals surface area contributed by atoms with Crippen molar-refractivity contribution in [1.82, 2.24) is 9.89 Å². The van der Waals surface area contributed by atoms with Crippen LogP contribution in [-0.2, 0) is 0 Å². The van der Waals surface area contributed by atoms with Gasteiger partial charge in [0.25, 0.3) is 0 Å². The normalized spacial score (nSPS) is 10.8. The number of nitrogens with two attached hydrogens (primary N) is 1. The minimum absolute atomic E-state index is 0.0479. The van der Waals surface area contributed by atoms with Gasteiger partial charge >= 0.3 is 0 Å². The van der Waals surface area contributed by atoms with Crippen LogP contribution in [0.1, 0.15) is 0 Å². The Balaban J connectivity index is 2.92. The predicted octanol–water partition coefficient (Wildman–Crippen LogP) is 0.815. The van der Waals surface area contributed by atoms with Gasteiger partial charge in [0.05, 0.1) is 16.7 Å². The number of aromatic hydroxyl groups is 2. The predicted molar refractivity (Wildman–Crippen MR) is 48.2 cm³/mol. The number of nitrogens with zero attached hydrogens (tertiary/aromatic N) is 2. The molecule has 0 saturated carbocycles. The van der Waals surface area contributed by atoms with E-state index in [-0.39, 0.29) is 16.5 Å². The SMILES string of the molecule is Nn1cc2c(Cl)c(O)c(O)cc2n1. The Morgan fingerprint density at radius 1 is 1.46 bits per heavy atom. The first-order chi connectivity index (χ1) is 6.09. The van der Waals surface area contributed by atoms with Crippen LogP contribution in [0.15, 0.2) is 12.3 Å². The van der Waals surface area contributed by atoms with Gasteiger partial charge in [-0.3, -0.25) is 0 Å². The molecule has 1 aromatic heterocycles. The van der Waals surface area contributed by atoms with E-state index in [0.29, 0.717) is 10.9 Å². The summed E-state index contributed by atoms with van der Waals surface area (Å²) in [5, 5.41) is 22.8. The smallest absolute Gasteiger partial charge is 0.177 e. The Hall–Kier alpha value is -1.62. The largest absolute Gasteiger partial charge is 0.504 e. The lowest BCUT2D eigenvalue weighted by atomic mass is 10.2. The van der Waals surface area contributed by atoms with Gasteiger partial charge in [-0.25, -0.2) is 0 Å². The molecule has 1 aromatic carbocycles. The Labute approximate surface area is 77.9 Å². The molecule has 0 aliphatic heterocycles. The van der Waals surface area contributed by atoms with E-state index in [4.69, 9.17) is 17.4 Å². The molecule has 0 atom stereocenters. The minimum atomic E-state index is -0.359. The van der Waals surface area contributed by atoms with Gasteiger partial charge in [0.15, 0.2) is 11.5 Å². The first-order valence-corrected chi connectivity index (χ1v) is 3.82. The highest BCUT2D eigenvalue weighted by atomic mass is 35.5. The Morgan fingerprint density at radius 2 is 2.15 bits per heavy atom. The van der Waals surface area contributed by atoms with E-state index in [1.807, 2.05) is 0 Å². The minimum Gasteiger partial charge on any atom is -0.504 e. The zero-order chi connectivity index (χ0) is 9.59. The van der Waals surface area contributed by atoms with Crippen molar-refractivity contribution >= 4 is 22.5 Å². The lowest BCUT2D eigenvalue weighted by Crippen LogP contribution is -2.07. The molecule has 68 valence electrons. The number of aromatic nitrogens is 2. The molecule has 0 bridgehead atoms. The fourth-order valence-corrected chi connectivity index (χ4v) is 1.36. The van der Waals surface area contributed by atoms with Crippen molar-refractivity contribution < 1.29 is 10.2 Å². The second-order valence-electron chi connectivity index (χ2n) is 2.60. The first kappa shape index (κ1) is 8.00. The molecule has 1 heterocycles. The summed E-state index contributed by atoms with van der Waals surface area (Å²) in [5.41, 5.74) is 0.433. The molecule has 6 heteroatoms. The number of benzene rings is 1. The number of halogens is 1. The number of hydrogen-bond acceptors (Lipinski definition) is 4. The number of phenolic OH excluding ortho intramolecular Hbond substituents is 2. The van der Waals surface area contributed by atoms with Crippen molar-refractivity contribution in [3.05, 3.63) is 17.3 Å². The highest BCUT2D eigenvalue weighted by Gasteiger charge is 2.12. The van der Waals surface area contributed by atoms with E-state index in [2.05, 4.69) is 5.10 Å². The summed E-state index contributed by atoms with van der Waals surface area (Å²) < 4.78 is 0. The highest BCUT2D eigenvalue weighted by molar-refractivity contribution is 6.37. The van der Waals surface area contributed by atoms with E-state index < -0.39 is 0 Å². The molecule has 0 spiro atoms. The molecule has 2 rings (SSSR count). The van der Waals surface area contributed by atoms with Crippen LogP contribution in [0.3, 0.4) is 0 Å². The Morgan fingerprint density at radius 3 is 2.85 bits per heavy atom. The molecule has 2 aromatic rings. The Kier molecular flexibility index (Phi) is 1.50. The first-order valence-electron chi connectivity index (χ1n) is 3.44. The van der Waals surface area contributed by atoms with E-state index >= 15 is 0 Å². The fourth-order valence-electron chi connectivity index (χ4n) is 1.12. The number of fused-ring (bicyclic) bond motifs is 1. The van der Waals surface area contributed by atoms with Gasteiger partial charge in [0.1, 0.15) is 0 Å². The fraction of sp³-hybridized carbons (Fsp3) is 0. The summed E-state index contributed by atoms with van der Waals surface area (Å²) in [6.07, 6.45) is 1.46. The molecule has 5 nitrogen and oxygen atoms in total. The second-order valence-corrected chi connectivity index (χ2v) is 2.98. The third-order valence-corrected chi connectivity index (χ3v) is 2.10.